The second-order valence-electron chi connectivity index (χ2n) is 6.56. The maximum atomic E-state index is 12.7. The smallest absolute Gasteiger partial charge is 0.416 e. The zero-order valence-electron chi connectivity index (χ0n) is 14.0. The standard InChI is InChI=1S/C19H20F3NO2/c1-11(2)16-10-25-17-8-5-13(9-15(17)18(24)23-16)12-3-6-14(7-4-12)19(20,21)22/h3-9,11,16,18,23-24H,10H2,1-2H3/t16-,18?/m1/s1. The Labute approximate surface area is 144 Å². The summed E-state index contributed by atoms with van der Waals surface area (Å²) in [4.78, 5) is 0. The maximum absolute atomic E-state index is 12.7. The van der Waals surface area contributed by atoms with Crippen LogP contribution in [0.5, 0.6) is 5.75 Å². The van der Waals surface area contributed by atoms with Crippen molar-refractivity contribution in [1.82, 2.24) is 5.32 Å². The van der Waals surface area contributed by atoms with Gasteiger partial charge in [0.2, 0.25) is 0 Å². The van der Waals surface area contributed by atoms with Gasteiger partial charge in [0.05, 0.1) is 5.56 Å². The molecule has 1 unspecified atom stereocenters. The number of fused-ring (bicyclic) bond motifs is 1. The van der Waals surface area contributed by atoms with Gasteiger partial charge in [0.15, 0.2) is 0 Å². The fourth-order valence-electron chi connectivity index (χ4n) is 2.83. The largest absolute Gasteiger partial charge is 0.492 e. The van der Waals surface area contributed by atoms with Crippen molar-refractivity contribution in [3.8, 4) is 16.9 Å². The van der Waals surface area contributed by atoms with E-state index in [9.17, 15) is 18.3 Å². The Hall–Kier alpha value is -2.05. The van der Waals surface area contributed by atoms with E-state index in [1.807, 2.05) is 13.8 Å². The Balaban J connectivity index is 1.90. The number of rotatable bonds is 2. The van der Waals surface area contributed by atoms with Crippen molar-refractivity contribution in [3.63, 3.8) is 0 Å². The van der Waals surface area contributed by atoms with Crippen LogP contribution in [-0.2, 0) is 6.18 Å². The van der Waals surface area contributed by atoms with Gasteiger partial charge < -0.3 is 9.84 Å². The van der Waals surface area contributed by atoms with Crippen molar-refractivity contribution in [2.24, 2.45) is 5.92 Å². The van der Waals surface area contributed by atoms with E-state index in [2.05, 4.69) is 5.32 Å². The quantitative estimate of drug-likeness (QED) is 0.844. The molecule has 0 aromatic heterocycles. The molecule has 1 aliphatic rings. The molecular formula is C19H20F3NO2. The molecule has 6 heteroatoms. The van der Waals surface area contributed by atoms with Gasteiger partial charge in [-0.2, -0.15) is 13.2 Å². The van der Waals surface area contributed by atoms with Crippen molar-refractivity contribution in [2.45, 2.75) is 32.3 Å². The summed E-state index contributed by atoms with van der Waals surface area (Å²) in [5, 5.41) is 13.6. The van der Waals surface area contributed by atoms with Gasteiger partial charge in [-0.05, 0) is 41.3 Å². The number of halogens is 3. The first kappa shape index (κ1) is 17.8. The first-order valence-electron chi connectivity index (χ1n) is 8.14. The fourth-order valence-corrected chi connectivity index (χ4v) is 2.83. The molecule has 2 atom stereocenters. The average molecular weight is 351 g/mol. The van der Waals surface area contributed by atoms with Crippen LogP contribution in [0.4, 0.5) is 13.2 Å². The van der Waals surface area contributed by atoms with E-state index in [-0.39, 0.29) is 6.04 Å². The third kappa shape index (κ3) is 3.80. The minimum atomic E-state index is -4.36. The van der Waals surface area contributed by atoms with Crippen LogP contribution in [0.1, 0.15) is 31.2 Å². The highest BCUT2D eigenvalue weighted by Crippen LogP contribution is 2.34. The second kappa shape index (κ2) is 6.69. The first-order chi connectivity index (χ1) is 11.8. The predicted octanol–water partition coefficient (Wildman–Crippen LogP) is 4.37. The maximum Gasteiger partial charge on any atom is 0.416 e. The molecule has 134 valence electrons. The molecule has 1 aliphatic heterocycles. The zero-order chi connectivity index (χ0) is 18.2. The lowest BCUT2D eigenvalue weighted by molar-refractivity contribution is -0.137. The molecule has 3 nitrogen and oxygen atoms in total. The molecular weight excluding hydrogens is 331 g/mol. The van der Waals surface area contributed by atoms with Gasteiger partial charge in [0.1, 0.15) is 18.6 Å². The molecule has 0 aliphatic carbocycles. The number of aliphatic hydroxyl groups is 1. The number of hydrogen-bond donors (Lipinski definition) is 2. The number of alkyl halides is 3. The zero-order valence-corrected chi connectivity index (χ0v) is 14.0. The van der Waals surface area contributed by atoms with Crippen molar-refractivity contribution < 1.29 is 23.0 Å². The Bertz CT molecular complexity index is 741. The predicted molar refractivity (Wildman–Crippen MR) is 89.1 cm³/mol. The van der Waals surface area contributed by atoms with E-state index in [4.69, 9.17) is 4.74 Å². The van der Waals surface area contributed by atoms with E-state index in [0.717, 1.165) is 17.7 Å². The molecule has 1 heterocycles. The highest BCUT2D eigenvalue weighted by Gasteiger charge is 2.30. The SMILES string of the molecule is CC(C)[C@H]1COc2ccc(-c3ccc(C(F)(F)F)cc3)cc2C(O)N1. The summed E-state index contributed by atoms with van der Waals surface area (Å²) >= 11 is 0. The molecule has 0 amide bonds. The van der Waals surface area contributed by atoms with Crippen molar-refractivity contribution in [3.05, 3.63) is 53.6 Å². The number of ether oxygens (including phenoxy) is 1. The Morgan fingerprint density at radius 2 is 1.72 bits per heavy atom. The van der Waals surface area contributed by atoms with Crippen molar-refractivity contribution in [2.75, 3.05) is 6.61 Å². The summed E-state index contributed by atoms with van der Waals surface area (Å²) in [7, 11) is 0. The summed E-state index contributed by atoms with van der Waals surface area (Å²) in [5.74, 6) is 0.872. The third-order valence-electron chi connectivity index (χ3n) is 4.45. The van der Waals surface area contributed by atoms with Crippen LogP contribution in [0.3, 0.4) is 0 Å². The van der Waals surface area contributed by atoms with Gasteiger partial charge in [0, 0.05) is 11.6 Å². The van der Waals surface area contributed by atoms with E-state index >= 15 is 0 Å². The molecule has 0 bridgehead atoms. The Kier molecular flexibility index (Phi) is 4.75. The summed E-state index contributed by atoms with van der Waals surface area (Å²) in [5.41, 5.74) is 1.27. The van der Waals surface area contributed by atoms with E-state index < -0.39 is 18.0 Å². The molecule has 0 fully saturated rings. The summed E-state index contributed by atoms with van der Waals surface area (Å²) in [6.45, 7) is 4.52. The van der Waals surface area contributed by atoms with Gasteiger partial charge in [-0.25, -0.2) is 0 Å². The van der Waals surface area contributed by atoms with Crippen LogP contribution >= 0.6 is 0 Å². The van der Waals surface area contributed by atoms with Gasteiger partial charge in [-0.15, -0.1) is 0 Å². The van der Waals surface area contributed by atoms with Crippen LogP contribution in [0.25, 0.3) is 11.1 Å². The van der Waals surface area contributed by atoms with Gasteiger partial charge in [-0.3, -0.25) is 5.32 Å². The molecule has 25 heavy (non-hydrogen) atoms. The Morgan fingerprint density at radius 1 is 1.08 bits per heavy atom. The molecule has 0 saturated carbocycles. The van der Waals surface area contributed by atoms with E-state index in [1.165, 1.54) is 12.1 Å². The average Bonchev–Trinajstić information content (AvgIpc) is 2.73. The molecule has 0 saturated heterocycles. The molecule has 0 radical (unpaired) electrons. The molecule has 2 aromatic carbocycles. The van der Waals surface area contributed by atoms with Crippen molar-refractivity contribution >= 4 is 0 Å². The summed E-state index contributed by atoms with van der Waals surface area (Å²) in [6.07, 6.45) is -5.24. The number of aliphatic hydroxyl groups excluding tert-OH is 1. The van der Waals surface area contributed by atoms with Crippen molar-refractivity contribution in [1.29, 1.82) is 0 Å². The number of hydrogen-bond acceptors (Lipinski definition) is 3. The Morgan fingerprint density at radius 3 is 2.32 bits per heavy atom. The van der Waals surface area contributed by atoms with E-state index in [1.54, 1.807) is 18.2 Å². The van der Waals surface area contributed by atoms with Gasteiger partial charge >= 0.3 is 6.18 Å². The van der Waals surface area contributed by atoms with Gasteiger partial charge in [-0.1, -0.05) is 32.0 Å². The summed E-state index contributed by atoms with van der Waals surface area (Å²) in [6, 6.07) is 10.3. The topological polar surface area (TPSA) is 41.5 Å². The molecule has 0 spiro atoms. The number of benzene rings is 2. The van der Waals surface area contributed by atoms with Crippen LogP contribution in [0, 0.1) is 5.92 Å². The molecule has 2 N–H and O–H groups in total. The lowest BCUT2D eigenvalue weighted by atomic mass is 10.00. The van der Waals surface area contributed by atoms with Crippen LogP contribution < -0.4 is 10.1 Å². The normalized spacial score (nSPS) is 20.8. The minimum Gasteiger partial charge on any atom is -0.492 e. The fraction of sp³-hybridized carbons (Fsp3) is 0.368. The van der Waals surface area contributed by atoms with Crippen LogP contribution in [0.2, 0.25) is 0 Å². The second-order valence-corrected chi connectivity index (χ2v) is 6.56. The highest BCUT2D eigenvalue weighted by molar-refractivity contribution is 5.66. The molecule has 3 rings (SSSR count). The monoisotopic (exact) mass is 351 g/mol. The lowest BCUT2D eigenvalue weighted by Crippen LogP contribution is -2.39. The van der Waals surface area contributed by atoms with Gasteiger partial charge in [0.25, 0.3) is 0 Å². The summed E-state index contributed by atoms with van der Waals surface area (Å²) < 4.78 is 43.8. The first-order valence-corrected chi connectivity index (χ1v) is 8.14. The third-order valence-corrected chi connectivity index (χ3v) is 4.45. The minimum absolute atomic E-state index is 0.0110. The molecule has 2 aromatic rings. The van der Waals surface area contributed by atoms with Crippen LogP contribution in [0.15, 0.2) is 42.5 Å². The number of nitrogens with one attached hydrogen (secondary N) is 1. The highest BCUT2D eigenvalue weighted by atomic mass is 19.4. The lowest BCUT2D eigenvalue weighted by Gasteiger charge is -2.21. The van der Waals surface area contributed by atoms with Crippen LogP contribution in [-0.4, -0.2) is 17.8 Å². The van der Waals surface area contributed by atoms with E-state index in [0.29, 0.717) is 29.4 Å².